The van der Waals surface area contributed by atoms with E-state index >= 15 is 0 Å². The Morgan fingerprint density at radius 2 is 2.31 bits per heavy atom. The molecule has 4 nitrogen and oxygen atoms in total. The largest absolute Gasteiger partial charge is 0.393 e. The number of rotatable bonds is 7. The second kappa shape index (κ2) is 6.86. The number of carbonyl (C=O) groups is 1. The standard InChI is InChI=1S/C12H24N2O2/c1-3-7-13-11-6-9-14(12(11)16)8-5-10(15)4-2/h10-11,13,15H,3-9H2,1-2H3. The predicted octanol–water partition coefficient (Wildman–Crippen LogP) is 0.748. The van der Waals surface area contributed by atoms with Crippen LogP contribution < -0.4 is 5.32 Å². The number of nitrogens with zero attached hydrogens (tertiary/aromatic N) is 1. The van der Waals surface area contributed by atoms with Gasteiger partial charge < -0.3 is 15.3 Å². The fourth-order valence-electron chi connectivity index (χ4n) is 1.98. The summed E-state index contributed by atoms with van der Waals surface area (Å²) in [7, 11) is 0. The zero-order valence-corrected chi connectivity index (χ0v) is 10.4. The summed E-state index contributed by atoms with van der Waals surface area (Å²) in [4.78, 5) is 13.8. The molecule has 0 spiro atoms. The Morgan fingerprint density at radius 1 is 1.56 bits per heavy atom. The highest BCUT2D eigenvalue weighted by Gasteiger charge is 2.30. The summed E-state index contributed by atoms with van der Waals surface area (Å²) in [6, 6.07) is 0.0127. The van der Waals surface area contributed by atoms with Crippen LogP contribution in [0.3, 0.4) is 0 Å². The molecule has 0 saturated carbocycles. The summed E-state index contributed by atoms with van der Waals surface area (Å²) >= 11 is 0. The molecule has 16 heavy (non-hydrogen) atoms. The van der Waals surface area contributed by atoms with Gasteiger partial charge >= 0.3 is 0 Å². The van der Waals surface area contributed by atoms with Crippen LogP contribution in [0.5, 0.6) is 0 Å². The molecule has 1 heterocycles. The molecule has 4 heteroatoms. The second-order valence-corrected chi connectivity index (χ2v) is 4.47. The first kappa shape index (κ1) is 13.5. The summed E-state index contributed by atoms with van der Waals surface area (Å²) in [6.45, 7) is 6.49. The van der Waals surface area contributed by atoms with E-state index < -0.39 is 0 Å². The Bertz CT molecular complexity index is 221. The Morgan fingerprint density at radius 3 is 2.94 bits per heavy atom. The van der Waals surface area contributed by atoms with E-state index in [2.05, 4.69) is 12.2 Å². The monoisotopic (exact) mass is 228 g/mol. The topological polar surface area (TPSA) is 52.6 Å². The number of likely N-dealkylation sites (tertiary alicyclic amines) is 1. The van der Waals surface area contributed by atoms with Crippen LogP contribution in [-0.2, 0) is 4.79 Å². The van der Waals surface area contributed by atoms with Crippen LogP contribution in [0, 0.1) is 0 Å². The fraction of sp³-hybridized carbons (Fsp3) is 0.917. The quantitative estimate of drug-likeness (QED) is 0.676. The number of aliphatic hydroxyl groups excluding tert-OH is 1. The van der Waals surface area contributed by atoms with E-state index in [1.165, 1.54) is 0 Å². The molecule has 94 valence electrons. The highest BCUT2D eigenvalue weighted by atomic mass is 16.3. The van der Waals surface area contributed by atoms with Crippen molar-refractivity contribution in [1.82, 2.24) is 10.2 Å². The Hall–Kier alpha value is -0.610. The third-order valence-electron chi connectivity index (χ3n) is 3.14. The molecule has 0 radical (unpaired) electrons. The molecule has 1 aliphatic rings. The number of nitrogens with one attached hydrogen (secondary N) is 1. The molecule has 0 aromatic heterocycles. The first-order valence-electron chi connectivity index (χ1n) is 6.39. The van der Waals surface area contributed by atoms with Gasteiger partial charge in [-0.25, -0.2) is 0 Å². The third kappa shape index (κ3) is 3.76. The molecule has 1 saturated heterocycles. The number of carbonyl (C=O) groups excluding carboxylic acids is 1. The number of amides is 1. The normalized spacial score (nSPS) is 22.8. The Labute approximate surface area is 98.0 Å². The molecule has 2 atom stereocenters. The Balaban J connectivity index is 2.27. The van der Waals surface area contributed by atoms with Crippen LogP contribution in [0.1, 0.15) is 39.5 Å². The minimum absolute atomic E-state index is 0.0127. The lowest BCUT2D eigenvalue weighted by atomic mass is 10.2. The molecular weight excluding hydrogens is 204 g/mol. The maximum absolute atomic E-state index is 11.9. The number of hydrogen-bond acceptors (Lipinski definition) is 3. The lowest BCUT2D eigenvalue weighted by molar-refractivity contribution is -0.129. The van der Waals surface area contributed by atoms with Crippen molar-refractivity contribution in [2.45, 2.75) is 51.7 Å². The molecule has 0 aromatic carbocycles. The molecule has 1 fully saturated rings. The van der Waals surface area contributed by atoms with Gasteiger partial charge in [-0.2, -0.15) is 0 Å². The minimum atomic E-state index is -0.268. The van der Waals surface area contributed by atoms with Crippen molar-refractivity contribution in [2.75, 3.05) is 19.6 Å². The van der Waals surface area contributed by atoms with Gasteiger partial charge in [-0.1, -0.05) is 13.8 Å². The van der Waals surface area contributed by atoms with Crippen LogP contribution in [0.25, 0.3) is 0 Å². The number of aliphatic hydroxyl groups is 1. The van der Waals surface area contributed by atoms with Gasteiger partial charge in [0.15, 0.2) is 0 Å². The van der Waals surface area contributed by atoms with Gasteiger partial charge in [0.25, 0.3) is 0 Å². The molecule has 2 unspecified atom stereocenters. The van der Waals surface area contributed by atoms with Crippen molar-refractivity contribution in [3.63, 3.8) is 0 Å². The summed E-state index contributed by atoms with van der Waals surface area (Å²) in [5.74, 6) is 0.205. The minimum Gasteiger partial charge on any atom is -0.393 e. The molecule has 1 rings (SSSR count). The maximum Gasteiger partial charge on any atom is 0.239 e. The predicted molar refractivity (Wildman–Crippen MR) is 64.2 cm³/mol. The van der Waals surface area contributed by atoms with Crippen molar-refractivity contribution in [2.24, 2.45) is 0 Å². The van der Waals surface area contributed by atoms with Crippen molar-refractivity contribution in [3.05, 3.63) is 0 Å². The molecule has 1 aliphatic heterocycles. The third-order valence-corrected chi connectivity index (χ3v) is 3.14. The average Bonchev–Trinajstić information content (AvgIpc) is 2.64. The molecule has 2 N–H and O–H groups in total. The van der Waals surface area contributed by atoms with Crippen LogP contribution in [-0.4, -0.2) is 47.7 Å². The van der Waals surface area contributed by atoms with E-state index in [0.29, 0.717) is 13.0 Å². The van der Waals surface area contributed by atoms with Crippen molar-refractivity contribution in [3.8, 4) is 0 Å². The van der Waals surface area contributed by atoms with Crippen LogP contribution in [0.15, 0.2) is 0 Å². The van der Waals surface area contributed by atoms with Gasteiger partial charge in [0, 0.05) is 13.1 Å². The zero-order chi connectivity index (χ0) is 12.0. The van der Waals surface area contributed by atoms with Gasteiger partial charge in [-0.3, -0.25) is 4.79 Å². The molecule has 0 aliphatic carbocycles. The van der Waals surface area contributed by atoms with Crippen LogP contribution >= 0.6 is 0 Å². The summed E-state index contributed by atoms with van der Waals surface area (Å²) in [5.41, 5.74) is 0. The molecule has 1 amide bonds. The van der Waals surface area contributed by atoms with E-state index in [1.807, 2.05) is 11.8 Å². The molecular formula is C12H24N2O2. The van der Waals surface area contributed by atoms with Gasteiger partial charge in [0.05, 0.1) is 12.1 Å². The molecule has 0 bridgehead atoms. The highest BCUT2D eigenvalue weighted by molar-refractivity contribution is 5.83. The highest BCUT2D eigenvalue weighted by Crippen LogP contribution is 2.12. The van der Waals surface area contributed by atoms with Crippen LogP contribution in [0.2, 0.25) is 0 Å². The summed E-state index contributed by atoms with van der Waals surface area (Å²) < 4.78 is 0. The fourth-order valence-corrected chi connectivity index (χ4v) is 1.98. The van der Waals surface area contributed by atoms with Crippen molar-refractivity contribution >= 4 is 5.91 Å². The lowest BCUT2D eigenvalue weighted by Gasteiger charge is -2.18. The first-order valence-corrected chi connectivity index (χ1v) is 6.39. The van der Waals surface area contributed by atoms with Gasteiger partial charge in [-0.05, 0) is 32.2 Å². The smallest absolute Gasteiger partial charge is 0.239 e. The summed E-state index contributed by atoms with van der Waals surface area (Å²) in [5, 5.41) is 12.7. The lowest BCUT2D eigenvalue weighted by Crippen LogP contribution is -2.39. The van der Waals surface area contributed by atoms with Crippen molar-refractivity contribution < 1.29 is 9.90 Å². The van der Waals surface area contributed by atoms with Gasteiger partial charge in [0.1, 0.15) is 0 Å². The SMILES string of the molecule is CCCNC1CCN(CCC(O)CC)C1=O. The van der Waals surface area contributed by atoms with Crippen LogP contribution in [0.4, 0.5) is 0 Å². The van der Waals surface area contributed by atoms with Gasteiger partial charge in [-0.15, -0.1) is 0 Å². The second-order valence-electron chi connectivity index (χ2n) is 4.47. The maximum atomic E-state index is 11.9. The van der Waals surface area contributed by atoms with E-state index in [1.54, 1.807) is 0 Å². The van der Waals surface area contributed by atoms with Crippen molar-refractivity contribution in [1.29, 1.82) is 0 Å². The molecule has 0 aromatic rings. The summed E-state index contributed by atoms with van der Waals surface area (Å²) in [6.07, 6.45) is 3.15. The average molecular weight is 228 g/mol. The van der Waals surface area contributed by atoms with E-state index in [4.69, 9.17) is 0 Å². The van der Waals surface area contributed by atoms with Gasteiger partial charge in [0.2, 0.25) is 5.91 Å². The van der Waals surface area contributed by atoms with E-state index in [9.17, 15) is 9.90 Å². The van der Waals surface area contributed by atoms with E-state index in [0.717, 1.165) is 32.4 Å². The van der Waals surface area contributed by atoms with E-state index in [-0.39, 0.29) is 18.1 Å². The first-order chi connectivity index (χ1) is 7.69. The zero-order valence-electron chi connectivity index (χ0n) is 10.4. The Kier molecular flexibility index (Phi) is 5.77. The number of hydrogen-bond donors (Lipinski definition) is 2.